The minimum Gasteiger partial charge on any atom is -0.454 e. The van der Waals surface area contributed by atoms with Crippen molar-refractivity contribution in [2.45, 2.75) is 12.8 Å². The Labute approximate surface area is 167 Å². The molecule has 0 N–H and O–H groups in total. The number of nitrogens with zero attached hydrogens (tertiary/aromatic N) is 1. The molecule has 1 heterocycles. The van der Waals surface area contributed by atoms with E-state index < -0.39 is 5.97 Å². The van der Waals surface area contributed by atoms with Crippen LogP contribution in [-0.4, -0.2) is 30.2 Å². The smallest absolute Gasteiger partial charge is 0.338 e. The summed E-state index contributed by atoms with van der Waals surface area (Å²) in [6, 6.07) is 14.7. The molecule has 4 rings (SSSR count). The van der Waals surface area contributed by atoms with Crippen LogP contribution < -0.4 is 4.90 Å². The van der Waals surface area contributed by atoms with Crippen molar-refractivity contribution >= 4 is 29.3 Å². The second-order valence-corrected chi connectivity index (χ2v) is 7.08. The highest BCUT2D eigenvalue weighted by Crippen LogP contribution is 2.37. The summed E-state index contributed by atoms with van der Waals surface area (Å²) >= 11 is 0. The van der Waals surface area contributed by atoms with Crippen LogP contribution in [0.1, 0.15) is 33.6 Å². The molecule has 0 spiro atoms. The highest BCUT2D eigenvalue weighted by atomic mass is 16.5. The van der Waals surface area contributed by atoms with Gasteiger partial charge in [-0.05, 0) is 31.0 Å². The fraction of sp³-hybridized carbons (Fsp3) is 0.217. The first kappa shape index (κ1) is 18.8. The van der Waals surface area contributed by atoms with E-state index in [2.05, 4.69) is 0 Å². The number of fused-ring (bicyclic) bond motifs is 1. The van der Waals surface area contributed by atoms with E-state index in [1.54, 1.807) is 42.5 Å². The zero-order chi connectivity index (χ0) is 20.4. The number of anilines is 1. The number of amides is 2. The Hall–Kier alpha value is -3.54. The van der Waals surface area contributed by atoms with Crippen LogP contribution in [0.15, 0.2) is 66.7 Å². The standard InChI is InChI=1S/C23H19NO5/c25-20(15-7-2-1-3-8-15)14-29-23(28)16-9-6-10-17(13-16)24-21(26)18-11-4-5-12-19(18)22(24)27/h1-10,13,18-19H,11-12,14H2/t18-,19-/m0/s1. The molecule has 146 valence electrons. The van der Waals surface area contributed by atoms with Crippen LogP contribution in [0.25, 0.3) is 0 Å². The van der Waals surface area contributed by atoms with E-state index in [4.69, 9.17) is 4.74 Å². The number of Topliss-reactive ketones (excluding diaryl/α,β-unsaturated/α-hetero) is 1. The van der Waals surface area contributed by atoms with Gasteiger partial charge >= 0.3 is 5.97 Å². The summed E-state index contributed by atoms with van der Waals surface area (Å²) in [5.41, 5.74) is 0.980. The molecule has 6 nitrogen and oxygen atoms in total. The van der Waals surface area contributed by atoms with E-state index >= 15 is 0 Å². The van der Waals surface area contributed by atoms with Crippen molar-refractivity contribution in [2.24, 2.45) is 11.8 Å². The maximum absolute atomic E-state index is 12.7. The number of ketones is 1. The Morgan fingerprint density at radius 2 is 1.48 bits per heavy atom. The molecule has 2 aliphatic rings. The summed E-state index contributed by atoms with van der Waals surface area (Å²) < 4.78 is 5.12. The molecule has 2 atom stereocenters. The van der Waals surface area contributed by atoms with Crippen molar-refractivity contribution in [1.29, 1.82) is 0 Å². The van der Waals surface area contributed by atoms with E-state index in [1.807, 2.05) is 12.2 Å². The quantitative estimate of drug-likeness (QED) is 0.340. The largest absolute Gasteiger partial charge is 0.454 e. The Bertz CT molecular complexity index is 985. The average molecular weight is 389 g/mol. The molecule has 29 heavy (non-hydrogen) atoms. The number of benzene rings is 2. The predicted molar refractivity (Wildman–Crippen MR) is 105 cm³/mol. The molecule has 1 aliphatic heterocycles. The first-order valence-corrected chi connectivity index (χ1v) is 9.44. The van der Waals surface area contributed by atoms with Crippen molar-refractivity contribution in [2.75, 3.05) is 11.5 Å². The minimum atomic E-state index is -0.686. The summed E-state index contributed by atoms with van der Waals surface area (Å²) in [6.07, 6.45) is 4.95. The zero-order valence-corrected chi connectivity index (χ0v) is 15.6. The Kier molecular flexibility index (Phi) is 5.08. The number of carbonyl (C=O) groups is 4. The molecule has 0 radical (unpaired) electrons. The molecular formula is C23H19NO5. The van der Waals surface area contributed by atoms with Gasteiger partial charge in [-0.15, -0.1) is 0 Å². The lowest BCUT2D eigenvalue weighted by atomic mass is 9.85. The Morgan fingerprint density at radius 1 is 0.862 bits per heavy atom. The van der Waals surface area contributed by atoms with Gasteiger partial charge in [-0.2, -0.15) is 0 Å². The van der Waals surface area contributed by atoms with Crippen LogP contribution >= 0.6 is 0 Å². The Balaban J connectivity index is 1.47. The van der Waals surface area contributed by atoms with Gasteiger partial charge in [-0.3, -0.25) is 19.3 Å². The average Bonchev–Trinajstić information content (AvgIpc) is 3.03. The first-order chi connectivity index (χ1) is 14.1. The summed E-state index contributed by atoms with van der Waals surface area (Å²) in [5, 5.41) is 0. The number of hydrogen-bond acceptors (Lipinski definition) is 5. The number of hydrogen-bond donors (Lipinski definition) is 0. The van der Waals surface area contributed by atoms with Crippen molar-refractivity contribution in [1.82, 2.24) is 0 Å². The molecule has 2 aromatic carbocycles. The number of ether oxygens (including phenoxy) is 1. The van der Waals surface area contributed by atoms with Gasteiger partial charge in [0, 0.05) is 5.56 Å². The lowest BCUT2D eigenvalue weighted by molar-refractivity contribution is -0.122. The monoisotopic (exact) mass is 389 g/mol. The van der Waals surface area contributed by atoms with Gasteiger partial charge in [0.2, 0.25) is 11.8 Å². The van der Waals surface area contributed by atoms with E-state index in [-0.39, 0.29) is 41.6 Å². The third-order valence-electron chi connectivity index (χ3n) is 5.28. The van der Waals surface area contributed by atoms with Gasteiger partial charge in [-0.25, -0.2) is 4.79 Å². The highest BCUT2D eigenvalue weighted by Gasteiger charge is 2.47. The third-order valence-corrected chi connectivity index (χ3v) is 5.28. The maximum atomic E-state index is 12.7. The highest BCUT2D eigenvalue weighted by molar-refractivity contribution is 6.22. The minimum absolute atomic E-state index is 0.178. The van der Waals surface area contributed by atoms with Gasteiger partial charge < -0.3 is 4.74 Å². The molecule has 0 aromatic heterocycles. The normalized spacial score (nSPS) is 20.5. The molecule has 0 saturated carbocycles. The van der Waals surface area contributed by atoms with Crippen LogP contribution in [0.2, 0.25) is 0 Å². The predicted octanol–water partition coefficient (Wildman–Crippen LogP) is 3.18. The first-order valence-electron chi connectivity index (χ1n) is 9.44. The molecule has 1 fully saturated rings. The molecule has 2 aromatic rings. The van der Waals surface area contributed by atoms with Crippen LogP contribution in [0.4, 0.5) is 5.69 Å². The van der Waals surface area contributed by atoms with Gasteiger partial charge in [0.05, 0.1) is 23.1 Å². The van der Waals surface area contributed by atoms with Gasteiger partial charge in [0.25, 0.3) is 0 Å². The number of rotatable bonds is 5. The van der Waals surface area contributed by atoms with Crippen LogP contribution in [0, 0.1) is 11.8 Å². The van der Waals surface area contributed by atoms with Gasteiger partial charge in [-0.1, -0.05) is 48.6 Å². The second-order valence-electron chi connectivity index (χ2n) is 7.08. The van der Waals surface area contributed by atoms with Crippen molar-refractivity contribution in [3.63, 3.8) is 0 Å². The number of carbonyl (C=O) groups excluding carboxylic acids is 4. The fourth-order valence-corrected chi connectivity index (χ4v) is 3.75. The summed E-state index contributed by atoms with van der Waals surface area (Å²) in [5.74, 6) is -2.16. The molecule has 0 bridgehead atoms. The van der Waals surface area contributed by atoms with Gasteiger partial charge in [0.15, 0.2) is 12.4 Å². The van der Waals surface area contributed by atoms with Gasteiger partial charge in [0.1, 0.15) is 0 Å². The lowest BCUT2D eigenvalue weighted by Crippen LogP contribution is -2.31. The van der Waals surface area contributed by atoms with Crippen molar-refractivity contribution in [3.05, 3.63) is 77.9 Å². The second kappa shape index (κ2) is 7.83. The summed E-state index contributed by atoms with van der Waals surface area (Å²) in [4.78, 5) is 51.1. The lowest BCUT2D eigenvalue weighted by Gasteiger charge is -2.15. The molecule has 2 amide bonds. The molecular weight excluding hydrogens is 370 g/mol. The van der Waals surface area contributed by atoms with Crippen LogP contribution in [0.3, 0.4) is 0 Å². The van der Waals surface area contributed by atoms with Crippen molar-refractivity contribution < 1.29 is 23.9 Å². The topological polar surface area (TPSA) is 80.8 Å². The zero-order valence-electron chi connectivity index (χ0n) is 15.6. The van der Waals surface area contributed by atoms with Crippen LogP contribution in [0.5, 0.6) is 0 Å². The van der Waals surface area contributed by atoms with Crippen LogP contribution in [-0.2, 0) is 14.3 Å². The van der Waals surface area contributed by atoms with Crippen molar-refractivity contribution in [3.8, 4) is 0 Å². The number of allylic oxidation sites excluding steroid dienone is 2. The summed E-state index contributed by atoms with van der Waals surface area (Å²) in [6.45, 7) is -0.384. The van der Waals surface area contributed by atoms with E-state index in [9.17, 15) is 19.2 Å². The van der Waals surface area contributed by atoms with E-state index in [1.165, 1.54) is 12.1 Å². The molecule has 0 unspecified atom stereocenters. The molecule has 1 saturated heterocycles. The number of esters is 1. The summed E-state index contributed by atoms with van der Waals surface area (Å²) in [7, 11) is 0. The maximum Gasteiger partial charge on any atom is 0.338 e. The number of imide groups is 1. The fourth-order valence-electron chi connectivity index (χ4n) is 3.75. The van der Waals surface area contributed by atoms with E-state index in [0.29, 0.717) is 24.1 Å². The van der Waals surface area contributed by atoms with E-state index in [0.717, 1.165) is 4.90 Å². The molecule has 6 heteroatoms. The third kappa shape index (κ3) is 3.61. The Morgan fingerprint density at radius 3 is 2.14 bits per heavy atom. The molecule has 1 aliphatic carbocycles. The SMILES string of the molecule is O=C(COC(=O)c1cccc(N2C(=O)[C@H]3CC=CC[C@@H]3C2=O)c1)c1ccccc1.